The van der Waals surface area contributed by atoms with Crippen LogP contribution in [-0.2, 0) is 15.0 Å². The van der Waals surface area contributed by atoms with E-state index in [1.54, 1.807) is 12.1 Å². The summed E-state index contributed by atoms with van der Waals surface area (Å²) in [5.41, 5.74) is 0.384. The van der Waals surface area contributed by atoms with Crippen molar-refractivity contribution in [2.45, 2.75) is 37.5 Å². The molecular formula is C16H17FO3. The lowest BCUT2D eigenvalue weighted by molar-refractivity contribution is -0.141. The Hall–Kier alpha value is -1.71. The Bertz CT molecular complexity index is 533. The third-order valence-corrected chi connectivity index (χ3v) is 5.09. The van der Waals surface area contributed by atoms with E-state index in [0.717, 1.165) is 18.4 Å². The summed E-state index contributed by atoms with van der Waals surface area (Å²) < 4.78 is 13.1. The van der Waals surface area contributed by atoms with Gasteiger partial charge >= 0.3 is 5.97 Å². The molecule has 2 bridgehead atoms. The van der Waals surface area contributed by atoms with Crippen LogP contribution in [0, 0.1) is 17.7 Å². The Morgan fingerprint density at radius 2 is 1.75 bits per heavy atom. The maximum absolute atomic E-state index is 13.1. The van der Waals surface area contributed by atoms with E-state index in [1.807, 2.05) is 0 Å². The minimum absolute atomic E-state index is 0.0290. The van der Waals surface area contributed by atoms with Gasteiger partial charge in [-0.05, 0) is 42.4 Å². The van der Waals surface area contributed by atoms with Crippen molar-refractivity contribution in [3.8, 4) is 0 Å². The molecule has 1 N–H and O–H groups in total. The van der Waals surface area contributed by atoms with Gasteiger partial charge in [0.05, 0.1) is 6.42 Å². The molecule has 2 saturated carbocycles. The van der Waals surface area contributed by atoms with Crippen LogP contribution in [0.1, 0.15) is 37.7 Å². The van der Waals surface area contributed by atoms with Gasteiger partial charge in [-0.15, -0.1) is 0 Å². The minimum atomic E-state index is -0.847. The highest BCUT2D eigenvalue weighted by molar-refractivity contribution is 5.82. The third-order valence-electron chi connectivity index (χ3n) is 5.09. The number of rotatable bonds is 3. The Kier molecular flexibility index (Phi) is 3.11. The van der Waals surface area contributed by atoms with E-state index in [0.29, 0.717) is 12.8 Å². The molecule has 106 valence electrons. The van der Waals surface area contributed by atoms with Gasteiger partial charge in [0, 0.05) is 18.3 Å². The first kappa shape index (κ1) is 13.3. The molecule has 0 radical (unpaired) electrons. The molecule has 2 aliphatic carbocycles. The average Bonchev–Trinajstić information content (AvgIpc) is 2.58. The third kappa shape index (κ3) is 1.94. The molecule has 0 spiro atoms. The van der Waals surface area contributed by atoms with Crippen LogP contribution in [0.15, 0.2) is 24.3 Å². The van der Waals surface area contributed by atoms with Gasteiger partial charge in [0.2, 0.25) is 0 Å². The summed E-state index contributed by atoms with van der Waals surface area (Å²) in [6.45, 7) is 0. The minimum Gasteiger partial charge on any atom is -0.481 e. The molecule has 3 rings (SSSR count). The Balaban J connectivity index is 2.08. The van der Waals surface area contributed by atoms with Crippen molar-refractivity contribution < 1.29 is 19.1 Å². The number of aliphatic carboxylic acids is 1. The van der Waals surface area contributed by atoms with Crippen molar-refractivity contribution in [2.24, 2.45) is 11.8 Å². The first-order valence-electron chi connectivity index (χ1n) is 7.02. The van der Waals surface area contributed by atoms with Gasteiger partial charge in [0.15, 0.2) is 0 Å². The number of halogens is 1. The molecule has 1 aromatic rings. The van der Waals surface area contributed by atoms with Crippen LogP contribution in [-0.4, -0.2) is 16.9 Å². The number of Topliss-reactive ketones (excluding diaryl/α,β-unsaturated/α-hetero) is 1. The van der Waals surface area contributed by atoms with Crippen molar-refractivity contribution in [3.63, 3.8) is 0 Å². The molecule has 2 atom stereocenters. The zero-order valence-electron chi connectivity index (χ0n) is 11.1. The largest absolute Gasteiger partial charge is 0.481 e. The lowest BCUT2D eigenvalue weighted by Crippen LogP contribution is -2.44. The van der Waals surface area contributed by atoms with E-state index in [-0.39, 0.29) is 29.9 Å². The summed E-state index contributed by atoms with van der Waals surface area (Å²) in [6.07, 6.45) is 2.73. The van der Waals surface area contributed by atoms with Gasteiger partial charge in [-0.3, -0.25) is 9.59 Å². The Morgan fingerprint density at radius 1 is 1.20 bits per heavy atom. The number of hydrogen-bond acceptors (Lipinski definition) is 2. The number of carboxylic acid groups (broad SMARTS) is 1. The first-order valence-corrected chi connectivity index (χ1v) is 7.02. The molecule has 0 aliphatic heterocycles. The van der Waals surface area contributed by atoms with E-state index in [1.165, 1.54) is 12.1 Å². The van der Waals surface area contributed by atoms with E-state index in [9.17, 15) is 19.1 Å². The van der Waals surface area contributed by atoms with Gasteiger partial charge in [-0.25, -0.2) is 4.39 Å². The molecule has 4 heteroatoms. The fraction of sp³-hybridized carbons (Fsp3) is 0.500. The summed E-state index contributed by atoms with van der Waals surface area (Å²) >= 11 is 0. The highest BCUT2D eigenvalue weighted by Crippen LogP contribution is 2.57. The van der Waals surface area contributed by atoms with E-state index >= 15 is 0 Å². The van der Waals surface area contributed by atoms with Gasteiger partial charge in [0.25, 0.3) is 0 Å². The quantitative estimate of drug-likeness (QED) is 0.923. The van der Waals surface area contributed by atoms with Crippen molar-refractivity contribution >= 4 is 11.8 Å². The molecule has 0 aromatic heterocycles. The molecule has 0 amide bonds. The van der Waals surface area contributed by atoms with Crippen molar-refractivity contribution in [1.82, 2.24) is 0 Å². The Morgan fingerprint density at radius 3 is 2.25 bits per heavy atom. The fourth-order valence-corrected chi connectivity index (χ4v) is 4.32. The highest BCUT2D eigenvalue weighted by Gasteiger charge is 2.55. The van der Waals surface area contributed by atoms with Crippen LogP contribution in [0.4, 0.5) is 4.39 Å². The molecule has 0 heterocycles. The zero-order chi connectivity index (χ0) is 14.3. The SMILES string of the molecule is O=C(O)CC1(c2ccc(F)cc2)C2CCC1CC(=O)C2. The zero-order valence-corrected chi connectivity index (χ0v) is 11.1. The molecule has 1 aromatic carbocycles. The van der Waals surface area contributed by atoms with Crippen LogP contribution < -0.4 is 0 Å². The summed E-state index contributed by atoms with van der Waals surface area (Å²) in [7, 11) is 0. The molecule has 2 fully saturated rings. The molecule has 20 heavy (non-hydrogen) atoms. The van der Waals surface area contributed by atoms with Crippen molar-refractivity contribution in [3.05, 3.63) is 35.6 Å². The highest BCUT2D eigenvalue weighted by atomic mass is 19.1. The predicted molar refractivity (Wildman–Crippen MR) is 70.8 cm³/mol. The number of hydrogen-bond donors (Lipinski definition) is 1. The normalized spacial score (nSPS) is 32.4. The second kappa shape index (κ2) is 4.69. The maximum atomic E-state index is 13.1. The molecular weight excluding hydrogens is 259 g/mol. The summed E-state index contributed by atoms with van der Waals surface area (Å²) in [5.74, 6) is -0.773. The van der Waals surface area contributed by atoms with Crippen molar-refractivity contribution in [2.75, 3.05) is 0 Å². The first-order chi connectivity index (χ1) is 9.52. The number of carbonyl (C=O) groups is 2. The van der Waals surface area contributed by atoms with Crippen LogP contribution in [0.25, 0.3) is 0 Å². The van der Waals surface area contributed by atoms with Gasteiger partial charge in [0.1, 0.15) is 11.6 Å². The Labute approximate surface area is 116 Å². The van der Waals surface area contributed by atoms with E-state index in [4.69, 9.17) is 0 Å². The number of carboxylic acids is 1. The van der Waals surface area contributed by atoms with E-state index in [2.05, 4.69) is 0 Å². The summed E-state index contributed by atoms with van der Waals surface area (Å²) in [4.78, 5) is 23.1. The standard InChI is InChI=1S/C16H17FO3/c17-13-5-3-10(4-6-13)16(9-15(19)20)11-1-2-12(16)8-14(18)7-11/h3-6,11-12H,1-2,7-9H2,(H,19,20). The van der Waals surface area contributed by atoms with Gasteiger partial charge < -0.3 is 5.11 Å². The number of carbonyl (C=O) groups excluding carboxylic acids is 1. The lowest BCUT2D eigenvalue weighted by Gasteiger charge is -2.43. The second-order valence-corrected chi connectivity index (χ2v) is 6.04. The van der Waals surface area contributed by atoms with E-state index < -0.39 is 11.4 Å². The van der Waals surface area contributed by atoms with Crippen LogP contribution in [0.3, 0.4) is 0 Å². The average molecular weight is 276 g/mol. The molecule has 0 saturated heterocycles. The monoisotopic (exact) mass is 276 g/mol. The topological polar surface area (TPSA) is 54.4 Å². The van der Waals surface area contributed by atoms with Crippen LogP contribution in [0.5, 0.6) is 0 Å². The summed E-state index contributed by atoms with van der Waals surface area (Å²) in [6, 6.07) is 6.16. The molecule has 3 nitrogen and oxygen atoms in total. The van der Waals surface area contributed by atoms with Gasteiger partial charge in [-0.2, -0.15) is 0 Å². The predicted octanol–water partition coefficient (Wildman–Crippen LogP) is 2.93. The smallest absolute Gasteiger partial charge is 0.304 e. The van der Waals surface area contributed by atoms with Crippen LogP contribution >= 0.6 is 0 Å². The van der Waals surface area contributed by atoms with Gasteiger partial charge in [-0.1, -0.05) is 12.1 Å². The molecule has 2 aliphatic rings. The second-order valence-electron chi connectivity index (χ2n) is 6.04. The number of ketones is 1. The number of benzene rings is 1. The fourth-order valence-electron chi connectivity index (χ4n) is 4.32. The lowest BCUT2D eigenvalue weighted by atomic mass is 9.59. The number of fused-ring (bicyclic) bond motifs is 2. The molecule has 2 unspecified atom stereocenters. The van der Waals surface area contributed by atoms with Crippen molar-refractivity contribution in [1.29, 1.82) is 0 Å². The van der Waals surface area contributed by atoms with Crippen LogP contribution in [0.2, 0.25) is 0 Å². The maximum Gasteiger partial charge on any atom is 0.304 e. The summed E-state index contributed by atoms with van der Waals surface area (Å²) in [5, 5.41) is 9.32.